The van der Waals surface area contributed by atoms with Gasteiger partial charge in [0.25, 0.3) is 0 Å². The van der Waals surface area contributed by atoms with Crippen molar-refractivity contribution in [2.24, 2.45) is 4.99 Å². The van der Waals surface area contributed by atoms with Gasteiger partial charge in [-0.05, 0) is 36.4 Å². The summed E-state index contributed by atoms with van der Waals surface area (Å²) in [6.45, 7) is 2.17. The van der Waals surface area contributed by atoms with Gasteiger partial charge in [0.15, 0.2) is 0 Å². The monoisotopic (exact) mass is 424 g/mol. The minimum atomic E-state index is -1.92. The summed E-state index contributed by atoms with van der Waals surface area (Å²) in [5.74, 6) is 1.34. The molecule has 2 aromatic rings. The van der Waals surface area contributed by atoms with Crippen molar-refractivity contribution in [1.82, 2.24) is 0 Å². The number of hydrogen-bond donors (Lipinski definition) is 1. The van der Waals surface area contributed by atoms with E-state index >= 15 is 0 Å². The van der Waals surface area contributed by atoms with Crippen LogP contribution < -0.4 is 0 Å². The molecule has 1 N–H and O–H groups in total. The first-order valence-electron chi connectivity index (χ1n) is 6.92. The predicted octanol–water partition coefficient (Wildman–Crippen LogP) is 6.71. The Morgan fingerprint density at radius 2 is 1.70 bits per heavy atom. The van der Waals surface area contributed by atoms with Crippen LogP contribution in [0.2, 0.25) is 0 Å². The molecule has 2 aromatic carbocycles. The number of nitrogens with zero attached hydrogens (tertiary/aromatic N) is 1. The molecule has 0 spiro atoms. The molecular formula is C16H17Cl3NOSTi. The summed E-state index contributed by atoms with van der Waals surface area (Å²) in [5.41, 5.74) is 1.68. The van der Waals surface area contributed by atoms with Gasteiger partial charge in [-0.25, -0.2) is 0 Å². The summed E-state index contributed by atoms with van der Waals surface area (Å²) >= 11 is -0.107. The van der Waals surface area contributed by atoms with Crippen LogP contribution >= 0.6 is 39.7 Å². The molecule has 0 fully saturated rings. The maximum absolute atomic E-state index is 9.70. The van der Waals surface area contributed by atoms with Gasteiger partial charge < -0.3 is 5.11 Å². The Morgan fingerprint density at radius 1 is 1.09 bits per heavy atom. The van der Waals surface area contributed by atoms with Crippen molar-refractivity contribution in [3.05, 3.63) is 54.1 Å². The fourth-order valence-electron chi connectivity index (χ4n) is 1.63. The average molecular weight is 426 g/mol. The van der Waals surface area contributed by atoms with Crippen LogP contribution in [-0.4, -0.2) is 17.1 Å². The molecule has 2 nitrogen and oxygen atoms in total. The van der Waals surface area contributed by atoms with Gasteiger partial charge in [0, 0.05) is 16.7 Å². The zero-order chi connectivity index (χ0) is 17.1. The first kappa shape index (κ1) is 20.9. The normalized spacial score (nSPS) is 10.3. The van der Waals surface area contributed by atoms with E-state index < -0.39 is 14.7 Å². The molecule has 7 heteroatoms. The zero-order valence-corrected chi connectivity index (χ0v) is 17.2. The van der Waals surface area contributed by atoms with Crippen LogP contribution in [0.4, 0.5) is 5.69 Å². The van der Waals surface area contributed by atoms with Crippen LogP contribution in [0.3, 0.4) is 0 Å². The van der Waals surface area contributed by atoms with E-state index in [2.05, 4.69) is 18.0 Å². The molecule has 0 atom stereocenters. The number of phenolic OH excluding ortho intramolecular Hbond substituents is 1. The van der Waals surface area contributed by atoms with Crippen molar-refractivity contribution in [2.45, 2.75) is 18.2 Å². The Bertz CT molecular complexity index is 623. The van der Waals surface area contributed by atoms with Crippen molar-refractivity contribution in [2.75, 3.05) is 5.75 Å². The van der Waals surface area contributed by atoms with Crippen molar-refractivity contribution in [3.63, 3.8) is 0 Å². The zero-order valence-electron chi connectivity index (χ0n) is 12.5. The van der Waals surface area contributed by atoms with E-state index in [0.717, 1.165) is 23.4 Å². The number of halogens is 3. The van der Waals surface area contributed by atoms with E-state index in [1.165, 1.54) is 4.90 Å². The third kappa shape index (κ3) is 9.04. The summed E-state index contributed by atoms with van der Waals surface area (Å²) in [4.78, 5) is 5.66. The van der Waals surface area contributed by atoms with E-state index in [1.54, 1.807) is 18.3 Å². The molecule has 0 amide bonds. The van der Waals surface area contributed by atoms with Crippen molar-refractivity contribution in [1.29, 1.82) is 0 Å². The first-order valence-corrected chi connectivity index (χ1v) is 14.3. The predicted molar refractivity (Wildman–Crippen MR) is 100 cm³/mol. The molecule has 0 aliphatic heterocycles. The Balaban J connectivity index is 0.000000593. The third-order valence-electron chi connectivity index (χ3n) is 2.61. The molecule has 0 aliphatic rings. The van der Waals surface area contributed by atoms with E-state index in [9.17, 15) is 5.11 Å². The van der Waals surface area contributed by atoms with Gasteiger partial charge in [0.2, 0.25) is 0 Å². The summed E-state index contributed by atoms with van der Waals surface area (Å²) in [6.07, 6.45) is 2.85. The summed E-state index contributed by atoms with van der Waals surface area (Å²) in [7, 11) is 14.9. The first-order chi connectivity index (χ1) is 11.0. The van der Waals surface area contributed by atoms with Crippen LogP contribution in [0.5, 0.6) is 5.75 Å². The molecule has 0 heterocycles. The van der Waals surface area contributed by atoms with Crippen LogP contribution in [0.1, 0.15) is 18.9 Å². The standard InChI is InChI=1S/C16H17NOS.3ClH.Ti/c1-2-11-19-16-10-6-4-8-14(16)17-12-13-7-3-5-9-15(13)18;;;;/h3-10,12,18H,2,11H2,1H3;3*1H;/q;;;;+3/p-3. The van der Waals surface area contributed by atoms with Gasteiger partial charge in [-0.3, -0.25) is 4.99 Å². The summed E-state index contributed by atoms with van der Waals surface area (Å²) < 4.78 is 0. The van der Waals surface area contributed by atoms with Gasteiger partial charge in [0.1, 0.15) is 5.75 Å². The van der Waals surface area contributed by atoms with Crippen LogP contribution in [0, 0.1) is 0 Å². The molecule has 0 saturated heterocycles. The molecule has 0 saturated carbocycles. The average Bonchev–Trinajstić information content (AvgIpc) is 2.52. The molecule has 0 radical (unpaired) electrons. The number of para-hydroxylation sites is 2. The van der Waals surface area contributed by atoms with E-state index in [4.69, 9.17) is 27.9 Å². The second kappa shape index (κ2) is 12.2. The Morgan fingerprint density at radius 3 is 2.35 bits per heavy atom. The molecular weight excluding hydrogens is 408 g/mol. The Kier molecular flexibility index (Phi) is 11.1. The molecule has 0 bridgehead atoms. The molecule has 2 rings (SSSR count). The number of aromatic hydroxyl groups is 1. The quantitative estimate of drug-likeness (QED) is 0.328. The number of rotatable bonds is 5. The second-order valence-corrected chi connectivity index (χ2v) is 13.2. The van der Waals surface area contributed by atoms with Crippen LogP contribution in [0.15, 0.2) is 58.4 Å². The summed E-state index contributed by atoms with van der Waals surface area (Å²) in [5, 5.41) is 9.70. The van der Waals surface area contributed by atoms with E-state index in [0.29, 0.717) is 0 Å². The molecule has 23 heavy (non-hydrogen) atoms. The van der Waals surface area contributed by atoms with Crippen LogP contribution in [-0.2, 0) is 14.7 Å². The Hall–Kier alpha value is -0.156. The van der Waals surface area contributed by atoms with Gasteiger partial charge in [-0.15, -0.1) is 11.8 Å². The number of hydrogen-bond acceptors (Lipinski definition) is 3. The van der Waals surface area contributed by atoms with Crippen molar-refractivity contribution >= 4 is 51.6 Å². The van der Waals surface area contributed by atoms with Gasteiger partial charge in [-0.1, -0.05) is 31.2 Å². The summed E-state index contributed by atoms with van der Waals surface area (Å²) in [6, 6.07) is 15.3. The van der Waals surface area contributed by atoms with E-state index in [-0.39, 0.29) is 5.75 Å². The topological polar surface area (TPSA) is 32.6 Å². The SMILES string of the molecule is CCCSc1ccccc1N=Cc1ccccc1O.[Cl][Ti]([Cl])[Cl]. The van der Waals surface area contributed by atoms with Crippen molar-refractivity contribution in [3.8, 4) is 5.75 Å². The number of thioether (sulfide) groups is 1. The fourth-order valence-corrected chi connectivity index (χ4v) is 2.50. The van der Waals surface area contributed by atoms with Gasteiger partial charge in [0.05, 0.1) is 5.69 Å². The molecule has 0 aromatic heterocycles. The molecule has 123 valence electrons. The number of phenols is 1. The second-order valence-electron chi connectivity index (χ2n) is 4.35. The maximum atomic E-state index is 9.70. The van der Waals surface area contributed by atoms with Gasteiger partial charge in [-0.2, -0.15) is 0 Å². The van der Waals surface area contributed by atoms with Crippen LogP contribution in [0.25, 0.3) is 0 Å². The number of benzene rings is 2. The van der Waals surface area contributed by atoms with E-state index in [1.807, 2.05) is 42.1 Å². The Labute approximate surface area is 159 Å². The molecule has 0 aliphatic carbocycles. The fraction of sp³-hybridized carbons (Fsp3) is 0.188. The van der Waals surface area contributed by atoms with Crippen molar-refractivity contribution < 1.29 is 19.8 Å². The third-order valence-corrected chi connectivity index (χ3v) is 3.88. The molecule has 0 unspecified atom stereocenters. The van der Waals surface area contributed by atoms with Gasteiger partial charge >= 0.3 is 42.6 Å². The number of aliphatic imine (C=N–C) groups is 1. The minimum absolute atomic E-state index is 0.255.